The number of halogens is 3. The third-order valence-electron chi connectivity index (χ3n) is 2.43. The number of aliphatic carboxylic acids is 1. The SMILES string of the molecule is CCc1c(F)c(F)cc(CC(N)C(=O)O)c1F. The monoisotopic (exact) mass is 247 g/mol. The van der Waals surface area contributed by atoms with Gasteiger partial charge in [-0.2, -0.15) is 0 Å². The third kappa shape index (κ3) is 2.76. The van der Waals surface area contributed by atoms with Crippen molar-refractivity contribution < 1.29 is 23.1 Å². The van der Waals surface area contributed by atoms with Crippen LogP contribution in [0.25, 0.3) is 0 Å². The second kappa shape index (κ2) is 5.18. The van der Waals surface area contributed by atoms with Gasteiger partial charge in [-0.15, -0.1) is 0 Å². The molecule has 1 rings (SSSR count). The van der Waals surface area contributed by atoms with Gasteiger partial charge in [-0.25, -0.2) is 13.2 Å². The molecule has 1 aromatic rings. The van der Waals surface area contributed by atoms with Gasteiger partial charge in [-0.05, 0) is 18.1 Å². The Hall–Kier alpha value is -1.56. The number of nitrogens with two attached hydrogens (primary N) is 1. The molecule has 0 aliphatic rings. The Balaban J connectivity index is 3.17. The van der Waals surface area contributed by atoms with Crippen LogP contribution >= 0.6 is 0 Å². The smallest absolute Gasteiger partial charge is 0.320 e. The van der Waals surface area contributed by atoms with Gasteiger partial charge in [0.1, 0.15) is 11.9 Å². The van der Waals surface area contributed by atoms with Gasteiger partial charge >= 0.3 is 5.97 Å². The van der Waals surface area contributed by atoms with E-state index in [1.54, 1.807) is 0 Å². The molecule has 3 nitrogen and oxygen atoms in total. The van der Waals surface area contributed by atoms with Gasteiger partial charge in [0.05, 0.1) is 0 Å². The summed E-state index contributed by atoms with van der Waals surface area (Å²) in [6, 6.07) is -0.703. The lowest BCUT2D eigenvalue weighted by Gasteiger charge is -2.11. The van der Waals surface area contributed by atoms with E-state index in [0.29, 0.717) is 6.07 Å². The second-order valence-electron chi connectivity index (χ2n) is 3.63. The highest BCUT2D eigenvalue weighted by Crippen LogP contribution is 2.21. The first-order chi connectivity index (χ1) is 7.88. The summed E-state index contributed by atoms with van der Waals surface area (Å²) >= 11 is 0. The van der Waals surface area contributed by atoms with Crippen molar-refractivity contribution in [3.8, 4) is 0 Å². The van der Waals surface area contributed by atoms with Gasteiger partial charge in [0.2, 0.25) is 0 Å². The van der Waals surface area contributed by atoms with Crippen molar-refractivity contribution in [3.05, 3.63) is 34.6 Å². The fourth-order valence-corrected chi connectivity index (χ4v) is 1.50. The lowest BCUT2D eigenvalue weighted by atomic mass is 10.0. The summed E-state index contributed by atoms with van der Waals surface area (Å²) in [4.78, 5) is 10.5. The van der Waals surface area contributed by atoms with E-state index in [-0.39, 0.29) is 18.4 Å². The number of rotatable bonds is 4. The zero-order valence-corrected chi connectivity index (χ0v) is 9.14. The van der Waals surface area contributed by atoms with Gasteiger partial charge in [0, 0.05) is 12.0 Å². The fraction of sp³-hybridized carbons (Fsp3) is 0.364. The van der Waals surface area contributed by atoms with Crippen molar-refractivity contribution in [3.63, 3.8) is 0 Å². The Labute approximate surface area is 96.0 Å². The molecule has 0 aromatic heterocycles. The molecule has 0 saturated carbocycles. The maximum Gasteiger partial charge on any atom is 0.320 e. The molecule has 0 aliphatic heterocycles. The van der Waals surface area contributed by atoms with Crippen LogP contribution in [0.1, 0.15) is 18.1 Å². The van der Waals surface area contributed by atoms with Crippen molar-refractivity contribution in [2.24, 2.45) is 5.73 Å². The molecule has 0 radical (unpaired) electrons. The Morgan fingerprint density at radius 2 is 2.00 bits per heavy atom. The van der Waals surface area contributed by atoms with Crippen LogP contribution < -0.4 is 5.73 Å². The van der Waals surface area contributed by atoms with Crippen LogP contribution in [0.2, 0.25) is 0 Å². The van der Waals surface area contributed by atoms with E-state index in [1.807, 2.05) is 0 Å². The summed E-state index contributed by atoms with van der Waals surface area (Å²) < 4.78 is 40.0. The Bertz CT molecular complexity index is 449. The second-order valence-corrected chi connectivity index (χ2v) is 3.63. The molecular formula is C11H12F3NO2. The maximum absolute atomic E-state index is 13.7. The normalized spacial score (nSPS) is 12.5. The standard InChI is InChI=1S/C11H12F3NO2/c1-2-6-9(13)5(3-7(12)10(6)14)4-8(15)11(16)17/h3,8H,2,4,15H2,1H3,(H,16,17). The summed E-state index contributed by atoms with van der Waals surface area (Å²) in [6.07, 6.45) is -0.407. The highest BCUT2D eigenvalue weighted by molar-refractivity contribution is 5.73. The molecule has 1 aromatic carbocycles. The summed E-state index contributed by atoms with van der Waals surface area (Å²) in [5.41, 5.74) is 4.60. The van der Waals surface area contributed by atoms with Crippen molar-refractivity contribution in [2.45, 2.75) is 25.8 Å². The van der Waals surface area contributed by atoms with Crippen molar-refractivity contribution >= 4 is 5.97 Å². The molecule has 0 aliphatic carbocycles. The van der Waals surface area contributed by atoms with Gasteiger partial charge in [0.15, 0.2) is 11.6 Å². The molecule has 6 heteroatoms. The highest BCUT2D eigenvalue weighted by Gasteiger charge is 2.21. The van der Waals surface area contributed by atoms with E-state index in [9.17, 15) is 18.0 Å². The van der Waals surface area contributed by atoms with E-state index in [0.717, 1.165) is 0 Å². The molecule has 1 atom stereocenters. The van der Waals surface area contributed by atoms with Crippen LogP contribution in [0, 0.1) is 17.5 Å². The lowest BCUT2D eigenvalue weighted by molar-refractivity contribution is -0.138. The predicted molar refractivity (Wildman–Crippen MR) is 55.0 cm³/mol. The average molecular weight is 247 g/mol. The molecule has 0 bridgehead atoms. The molecule has 17 heavy (non-hydrogen) atoms. The van der Waals surface area contributed by atoms with Crippen LogP contribution in [0.15, 0.2) is 6.07 Å². The van der Waals surface area contributed by atoms with Crippen molar-refractivity contribution in [1.29, 1.82) is 0 Å². The molecule has 1 unspecified atom stereocenters. The summed E-state index contributed by atoms with van der Waals surface area (Å²) in [5, 5.41) is 8.57. The minimum atomic E-state index is -1.35. The number of hydrogen-bond acceptors (Lipinski definition) is 2. The minimum absolute atomic E-state index is 0.0231. The van der Waals surface area contributed by atoms with Crippen LogP contribution in [0.3, 0.4) is 0 Å². The predicted octanol–water partition coefficient (Wildman–Crippen LogP) is 1.62. The maximum atomic E-state index is 13.7. The van der Waals surface area contributed by atoms with E-state index in [4.69, 9.17) is 10.8 Å². The van der Waals surface area contributed by atoms with Crippen LogP contribution in [-0.2, 0) is 17.6 Å². The summed E-state index contributed by atoms with van der Waals surface area (Å²) in [7, 11) is 0. The zero-order valence-electron chi connectivity index (χ0n) is 9.14. The van der Waals surface area contributed by atoms with E-state index in [1.165, 1.54) is 6.92 Å². The van der Waals surface area contributed by atoms with E-state index < -0.39 is 35.0 Å². The molecule has 0 saturated heterocycles. The van der Waals surface area contributed by atoms with E-state index in [2.05, 4.69) is 0 Å². The number of hydrogen-bond donors (Lipinski definition) is 2. The first kappa shape index (κ1) is 13.5. The zero-order chi connectivity index (χ0) is 13.2. The Morgan fingerprint density at radius 3 is 2.47 bits per heavy atom. The topological polar surface area (TPSA) is 63.3 Å². The first-order valence-corrected chi connectivity index (χ1v) is 5.02. The van der Waals surface area contributed by atoms with Gasteiger partial charge < -0.3 is 10.8 Å². The summed E-state index contributed by atoms with van der Waals surface area (Å²) in [5.74, 6) is -4.69. The van der Waals surface area contributed by atoms with E-state index >= 15 is 0 Å². The Morgan fingerprint density at radius 1 is 1.41 bits per heavy atom. The largest absolute Gasteiger partial charge is 0.480 e. The molecule has 0 heterocycles. The van der Waals surface area contributed by atoms with Crippen molar-refractivity contribution in [1.82, 2.24) is 0 Å². The quantitative estimate of drug-likeness (QED) is 0.795. The number of carboxylic acids is 1. The summed E-state index contributed by atoms with van der Waals surface area (Å²) in [6.45, 7) is 1.47. The van der Waals surface area contributed by atoms with Crippen molar-refractivity contribution in [2.75, 3.05) is 0 Å². The third-order valence-corrected chi connectivity index (χ3v) is 2.43. The number of benzene rings is 1. The molecule has 3 N–H and O–H groups in total. The number of carbonyl (C=O) groups is 1. The molecular weight excluding hydrogens is 235 g/mol. The van der Waals surface area contributed by atoms with Crippen LogP contribution in [0.4, 0.5) is 13.2 Å². The average Bonchev–Trinajstić information content (AvgIpc) is 2.26. The van der Waals surface area contributed by atoms with Gasteiger partial charge in [0.25, 0.3) is 0 Å². The lowest BCUT2D eigenvalue weighted by Crippen LogP contribution is -2.32. The highest BCUT2D eigenvalue weighted by atomic mass is 19.2. The number of carboxylic acid groups (broad SMARTS) is 1. The molecule has 0 fully saturated rings. The minimum Gasteiger partial charge on any atom is -0.480 e. The molecule has 0 spiro atoms. The molecule has 94 valence electrons. The van der Waals surface area contributed by atoms with Gasteiger partial charge in [-0.1, -0.05) is 6.92 Å². The fourth-order valence-electron chi connectivity index (χ4n) is 1.50. The van der Waals surface area contributed by atoms with Gasteiger partial charge in [-0.3, -0.25) is 4.79 Å². The Kier molecular flexibility index (Phi) is 4.11. The first-order valence-electron chi connectivity index (χ1n) is 5.02. The van der Waals surface area contributed by atoms with Crippen LogP contribution in [-0.4, -0.2) is 17.1 Å². The molecule has 0 amide bonds. The van der Waals surface area contributed by atoms with Crippen LogP contribution in [0.5, 0.6) is 0 Å².